The lowest BCUT2D eigenvalue weighted by Gasteiger charge is -2.36. The molecule has 0 aromatic carbocycles. The van der Waals surface area contributed by atoms with Crippen molar-refractivity contribution in [1.29, 1.82) is 0 Å². The summed E-state index contributed by atoms with van der Waals surface area (Å²) in [6.07, 6.45) is 6.80. The Kier molecular flexibility index (Phi) is 3.45. The van der Waals surface area contributed by atoms with Crippen molar-refractivity contribution in [2.24, 2.45) is 0 Å². The summed E-state index contributed by atoms with van der Waals surface area (Å²) >= 11 is 0. The normalized spacial score (nSPS) is 15.2. The Balaban J connectivity index is 1.55. The summed E-state index contributed by atoms with van der Waals surface area (Å²) in [4.78, 5) is 26.0. The van der Waals surface area contributed by atoms with Crippen LogP contribution in [0.1, 0.15) is 5.69 Å². The Bertz CT molecular complexity index is 822. The number of nitrogens with zero attached hydrogens (tertiary/aromatic N) is 7. The van der Waals surface area contributed by atoms with Crippen LogP contribution in [0.25, 0.3) is 10.9 Å². The summed E-state index contributed by atoms with van der Waals surface area (Å²) < 4.78 is 0. The number of anilines is 2. The first kappa shape index (κ1) is 13.8. The molecule has 1 aliphatic heterocycles. The zero-order chi connectivity index (χ0) is 15.6. The third-order valence-corrected chi connectivity index (χ3v) is 4.11. The van der Waals surface area contributed by atoms with E-state index in [2.05, 4.69) is 34.7 Å². The molecule has 1 saturated heterocycles. The highest BCUT2D eigenvalue weighted by molar-refractivity contribution is 5.88. The van der Waals surface area contributed by atoms with Gasteiger partial charge in [0.25, 0.3) is 0 Å². The molecule has 0 radical (unpaired) electrons. The van der Waals surface area contributed by atoms with Gasteiger partial charge < -0.3 is 9.80 Å². The lowest BCUT2D eigenvalue weighted by atomic mass is 10.2. The summed E-state index contributed by atoms with van der Waals surface area (Å²) in [6.45, 7) is 5.61. The lowest BCUT2D eigenvalue weighted by molar-refractivity contribution is 0.642. The Hall–Kier alpha value is -2.83. The van der Waals surface area contributed by atoms with Crippen LogP contribution in [-0.4, -0.2) is 51.1 Å². The molecule has 0 atom stereocenters. The van der Waals surface area contributed by atoms with Gasteiger partial charge in [-0.3, -0.25) is 4.98 Å². The van der Waals surface area contributed by atoms with Crippen LogP contribution in [0.5, 0.6) is 0 Å². The third kappa shape index (κ3) is 2.65. The maximum atomic E-state index is 4.49. The Morgan fingerprint density at radius 2 is 1.70 bits per heavy atom. The monoisotopic (exact) mass is 307 g/mol. The number of piperazine rings is 1. The van der Waals surface area contributed by atoms with E-state index in [1.807, 2.05) is 19.1 Å². The van der Waals surface area contributed by atoms with Crippen molar-refractivity contribution in [1.82, 2.24) is 24.9 Å². The molecular formula is C16H17N7. The van der Waals surface area contributed by atoms with Crippen LogP contribution in [0.2, 0.25) is 0 Å². The molecule has 4 heterocycles. The van der Waals surface area contributed by atoms with Crippen molar-refractivity contribution in [3.63, 3.8) is 0 Å². The zero-order valence-corrected chi connectivity index (χ0v) is 12.9. The van der Waals surface area contributed by atoms with E-state index in [9.17, 15) is 0 Å². The quantitative estimate of drug-likeness (QED) is 0.709. The van der Waals surface area contributed by atoms with Crippen LogP contribution >= 0.6 is 0 Å². The second-order valence-electron chi connectivity index (χ2n) is 5.58. The molecule has 116 valence electrons. The van der Waals surface area contributed by atoms with E-state index >= 15 is 0 Å². The average Bonchev–Trinajstić information content (AvgIpc) is 2.61. The number of hydrogen-bond acceptors (Lipinski definition) is 7. The van der Waals surface area contributed by atoms with Gasteiger partial charge in [0, 0.05) is 49.5 Å². The fourth-order valence-electron chi connectivity index (χ4n) is 2.91. The highest BCUT2D eigenvalue weighted by Crippen LogP contribution is 2.24. The summed E-state index contributed by atoms with van der Waals surface area (Å²) in [5.41, 5.74) is 1.87. The van der Waals surface area contributed by atoms with Crippen molar-refractivity contribution in [2.45, 2.75) is 6.92 Å². The van der Waals surface area contributed by atoms with E-state index in [0.717, 1.165) is 54.4 Å². The van der Waals surface area contributed by atoms with Gasteiger partial charge in [0.1, 0.15) is 24.3 Å². The smallest absolute Gasteiger partial charge is 0.140 e. The molecule has 0 aliphatic carbocycles. The highest BCUT2D eigenvalue weighted by atomic mass is 15.3. The summed E-state index contributed by atoms with van der Waals surface area (Å²) in [7, 11) is 0. The van der Waals surface area contributed by atoms with Crippen LogP contribution in [-0.2, 0) is 0 Å². The second kappa shape index (κ2) is 5.75. The minimum Gasteiger partial charge on any atom is -0.353 e. The molecule has 7 heteroatoms. The first-order valence-corrected chi connectivity index (χ1v) is 7.64. The van der Waals surface area contributed by atoms with Crippen molar-refractivity contribution in [2.75, 3.05) is 36.0 Å². The fourth-order valence-corrected chi connectivity index (χ4v) is 2.91. The van der Waals surface area contributed by atoms with Crippen LogP contribution in [0.3, 0.4) is 0 Å². The number of rotatable bonds is 2. The van der Waals surface area contributed by atoms with Crippen LogP contribution in [0, 0.1) is 6.92 Å². The second-order valence-corrected chi connectivity index (χ2v) is 5.58. The SMILES string of the molecule is Cc1cc(N2CCN(c3ncnc4cnccc34)CC2)ncn1. The topological polar surface area (TPSA) is 70.9 Å². The molecular weight excluding hydrogens is 290 g/mol. The van der Waals surface area contributed by atoms with Gasteiger partial charge >= 0.3 is 0 Å². The number of pyridine rings is 1. The Labute approximate surface area is 134 Å². The number of hydrogen-bond donors (Lipinski definition) is 0. The molecule has 1 aliphatic rings. The van der Waals surface area contributed by atoms with E-state index in [0.29, 0.717) is 0 Å². The molecule has 7 nitrogen and oxygen atoms in total. The number of aryl methyl sites for hydroxylation is 1. The molecule has 0 N–H and O–H groups in total. The third-order valence-electron chi connectivity index (χ3n) is 4.11. The summed E-state index contributed by atoms with van der Waals surface area (Å²) in [5, 5.41) is 1.05. The molecule has 0 bridgehead atoms. The van der Waals surface area contributed by atoms with Crippen LogP contribution in [0.15, 0.2) is 37.2 Å². The van der Waals surface area contributed by atoms with E-state index in [1.54, 1.807) is 25.0 Å². The van der Waals surface area contributed by atoms with Crippen LogP contribution < -0.4 is 9.80 Å². The maximum Gasteiger partial charge on any atom is 0.140 e. The van der Waals surface area contributed by atoms with E-state index in [-0.39, 0.29) is 0 Å². The Morgan fingerprint density at radius 3 is 2.52 bits per heavy atom. The lowest BCUT2D eigenvalue weighted by Crippen LogP contribution is -2.47. The first-order valence-electron chi connectivity index (χ1n) is 7.64. The molecule has 3 aromatic rings. The average molecular weight is 307 g/mol. The fraction of sp³-hybridized carbons (Fsp3) is 0.312. The standard InChI is InChI=1S/C16H17N7/c1-12-8-15(20-10-18-12)22-4-6-23(7-5-22)16-13-2-3-17-9-14(13)19-11-21-16/h2-3,8-11H,4-7H2,1H3. The maximum absolute atomic E-state index is 4.49. The number of fused-ring (bicyclic) bond motifs is 1. The molecule has 23 heavy (non-hydrogen) atoms. The molecule has 0 amide bonds. The van der Waals surface area contributed by atoms with Gasteiger partial charge in [0.05, 0.1) is 11.7 Å². The van der Waals surface area contributed by atoms with E-state index in [1.165, 1.54) is 0 Å². The van der Waals surface area contributed by atoms with Gasteiger partial charge in [-0.2, -0.15) is 0 Å². The van der Waals surface area contributed by atoms with Crippen molar-refractivity contribution >= 4 is 22.5 Å². The molecule has 4 rings (SSSR count). The molecule has 0 unspecified atom stereocenters. The first-order chi connectivity index (χ1) is 11.3. The van der Waals surface area contributed by atoms with Gasteiger partial charge in [-0.1, -0.05) is 0 Å². The van der Waals surface area contributed by atoms with Crippen molar-refractivity contribution in [3.8, 4) is 0 Å². The zero-order valence-electron chi connectivity index (χ0n) is 12.9. The van der Waals surface area contributed by atoms with E-state index in [4.69, 9.17) is 0 Å². The summed E-state index contributed by atoms with van der Waals surface area (Å²) in [5.74, 6) is 1.98. The minimum absolute atomic E-state index is 0.881. The molecule has 0 saturated carbocycles. The molecule has 3 aromatic heterocycles. The van der Waals surface area contributed by atoms with Gasteiger partial charge in [-0.25, -0.2) is 19.9 Å². The molecule has 0 spiro atoms. The molecule has 1 fully saturated rings. The number of aromatic nitrogens is 5. The van der Waals surface area contributed by atoms with E-state index < -0.39 is 0 Å². The minimum atomic E-state index is 0.881. The summed E-state index contributed by atoms with van der Waals surface area (Å²) in [6, 6.07) is 4.01. The predicted octanol–water partition coefficient (Wildman–Crippen LogP) is 1.45. The Morgan fingerprint density at radius 1 is 0.913 bits per heavy atom. The van der Waals surface area contributed by atoms with Crippen molar-refractivity contribution in [3.05, 3.63) is 42.9 Å². The van der Waals surface area contributed by atoms with Gasteiger partial charge in [0.15, 0.2) is 0 Å². The predicted molar refractivity (Wildman–Crippen MR) is 88.5 cm³/mol. The van der Waals surface area contributed by atoms with Gasteiger partial charge in [-0.15, -0.1) is 0 Å². The van der Waals surface area contributed by atoms with Gasteiger partial charge in [0.2, 0.25) is 0 Å². The van der Waals surface area contributed by atoms with Crippen LogP contribution in [0.4, 0.5) is 11.6 Å². The van der Waals surface area contributed by atoms with Gasteiger partial charge in [-0.05, 0) is 13.0 Å². The van der Waals surface area contributed by atoms with Crippen molar-refractivity contribution < 1.29 is 0 Å². The highest BCUT2D eigenvalue weighted by Gasteiger charge is 2.20. The largest absolute Gasteiger partial charge is 0.353 e.